The first kappa shape index (κ1) is 17.2. The lowest BCUT2D eigenvalue weighted by atomic mass is 10.1. The van der Waals surface area contributed by atoms with E-state index >= 15 is 0 Å². The minimum atomic E-state index is -0.119. The molecule has 1 aliphatic heterocycles. The molecule has 0 spiro atoms. The van der Waals surface area contributed by atoms with E-state index in [4.69, 9.17) is 4.74 Å². The van der Waals surface area contributed by atoms with E-state index in [9.17, 15) is 4.79 Å². The van der Waals surface area contributed by atoms with E-state index in [0.29, 0.717) is 32.1 Å². The Hall–Kier alpha value is -3.25. The number of para-hydroxylation sites is 1. The van der Waals surface area contributed by atoms with Gasteiger partial charge in [-0.3, -0.25) is 0 Å². The van der Waals surface area contributed by atoms with Gasteiger partial charge in [-0.15, -0.1) is 10.2 Å². The highest BCUT2D eigenvalue weighted by Gasteiger charge is 2.26. The molecule has 2 amide bonds. The highest BCUT2D eigenvalue weighted by Crippen LogP contribution is 2.26. The zero-order valence-corrected chi connectivity index (χ0v) is 14.9. The summed E-state index contributed by atoms with van der Waals surface area (Å²) >= 11 is 0. The molecule has 4 rings (SSSR count). The van der Waals surface area contributed by atoms with E-state index in [1.165, 1.54) is 0 Å². The van der Waals surface area contributed by atoms with Gasteiger partial charge in [0.05, 0.1) is 24.6 Å². The fourth-order valence-electron chi connectivity index (χ4n) is 3.02. The lowest BCUT2D eigenvalue weighted by Gasteiger charge is -2.32. The third-order valence-corrected chi connectivity index (χ3v) is 4.44. The number of anilines is 2. The van der Waals surface area contributed by atoms with Gasteiger partial charge in [0.1, 0.15) is 0 Å². The Morgan fingerprint density at radius 3 is 2.15 bits per heavy atom. The van der Waals surface area contributed by atoms with Crippen LogP contribution in [0, 0.1) is 0 Å². The third kappa shape index (κ3) is 3.80. The molecule has 2 heterocycles. The van der Waals surface area contributed by atoms with Gasteiger partial charge in [-0.05, 0) is 24.3 Å². The highest BCUT2D eigenvalue weighted by atomic mass is 16.5. The van der Waals surface area contributed by atoms with Crippen molar-refractivity contribution in [1.82, 2.24) is 15.1 Å². The van der Waals surface area contributed by atoms with Gasteiger partial charge in [-0.25, -0.2) is 9.69 Å². The van der Waals surface area contributed by atoms with Gasteiger partial charge in [-0.1, -0.05) is 48.5 Å². The number of ether oxygens (including phenoxy) is 1. The normalized spacial score (nSPS) is 14.0. The minimum absolute atomic E-state index is 0.119. The number of benzene rings is 2. The maximum atomic E-state index is 13.2. The first-order chi connectivity index (χ1) is 13.3. The first-order valence-corrected chi connectivity index (χ1v) is 8.94. The predicted molar refractivity (Wildman–Crippen MR) is 104 cm³/mol. The molecule has 3 aromatic rings. The Labute approximate surface area is 158 Å². The molecule has 6 heteroatoms. The van der Waals surface area contributed by atoms with Crippen molar-refractivity contribution in [3.8, 4) is 11.3 Å². The van der Waals surface area contributed by atoms with Gasteiger partial charge in [0.25, 0.3) is 0 Å². The number of aromatic nitrogens is 2. The Morgan fingerprint density at radius 1 is 0.852 bits per heavy atom. The summed E-state index contributed by atoms with van der Waals surface area (Å²) in [5.41, 5.74) is 2.52. The van der Waals surface area contributed by atoms with Crippen molar-refractivity contribution in [2.24, 2.45) is 0 Å². The van der Waals surface area contributed by atoms with Crippen LogP contribution in [-0.4, -0.2) is 47.4 Å². The Kier molecular flexibility index (Phi) is 5.07. The predicted octanol–water partition coefficient (Wildman–Crippen LogP) is 3.73. The zero-order valence-electron chi connectivity index (χ0n) is 14.9. The van der Waals surface area contributed by atoms with Crippen molar-refractivity contribution in [3.05, 3.63) is 72.8 Å². The van der Waals surface area contributed by atoms with Crippen LogP contribution < -0.4 is 4.90 Å². The monoisotopic (exact) mass is 360 g/mol. The van der Waals surface area contributed by atoms with Crippen molar-refractivity contribution in [3.63, 3.8) is 0 Å². The number of hydrogen-bond donors (Lipinski definition) is 0. The number of carbonyl (C=O) groups excluding carboxylic acids is 1. The van der Waals surface area contributed by atoms with Crippen molar-refractivity contribution in [1.29, 1.82) is 0 Å². The Bertz CT molecular complexity index is 879. The summed E-state index contributed by atoms with van der Waals surface area (Å²) in [6.07, 6.45) is 0. The maximum absolute atomic E-state index is 13.2. The number of hydrogen-bond acceptors (Lipinski definition) is 4. The molecule has 0 bridgehead atoms. The molecule has 6 nitrogen and oxygen atoms in total. The molecule has 1 saturated heterocycles. The summed E-state index contributed by atoms with van der Waals surface area (Å²) in [7, 11) is 0. The molecule has 1 aromatic heterocycles. The summed E-state index contributed by atoms with van der Waals surface area (Å²) in [4.78, 5) is 16.6. The average molecular weight is 360 g/mol. The van der Waals surface area contributed by atoms with Gasteiger partial charge >= 0.3 is 6.03 Å². The van der Waals surface area contributed by atoms with Crippen molar-refractivity contribution >= 4 is 17.5 Å². The molecule has 1 aliphatic rings. The first-order valence-electron chi connectivity index (χ1n) is 8.94. The van der Waals surface area contributed by atoms with Crippen LogP contribution in [0.3, 0.4) is 0 Å². The molecule has 0 aliphatic carbocycles. The van der Waals surface area contributed by atoms with Gasteiger partial charge in [0.15, 0.2) is 5.82 Å². The van der Waals surface area contributed by atoms with Crippen molar-refractivity contribution in [2.75, 3.05) is 31.2 Å². The summed E-state index contributed by atoms with van der Waals surface area (Å²) < 4.78 is 5.37. The quantitative estimate of drug-likeness (QED) is 0.714. The standard InChI is InChI=1S/C21H20N4O2/c26-21(24-13-15-27-16-14-24)25(18-9-5-2-6-10-18)20-12-11-19(22-23-20)17-7-3-1-4-8-17/h1-12H,13-16H2. The van der Waals surface area contributed by atoms with Gasteiger partial charge in [-0.2, -0.15) is 0 Å². The van der Waals surface area contributed by atoms with Crippen LogP contribution >= 0.6 is 0 Å². The van der Waals surface area contributed by atoms with E-state index in [2.05, 4.69) is 10.2 Å². The Morgan fingerprint density at radius 2 is 1.52 bits per heavy atom. The van der Waals surface area contributed by atoms with Crippen LogP contribution in [0.4, 0.5) is 16.3 Å². The molecule has 0 N–H and O–H groups in total. The molecule has 0 atom stereocenters. The average Bonchev–Trinajstić information content (AvgIpc) is 2.76. The summed E-state index contributed by atoms with van der Waals surface area (Å²) in [6.45, 7) is 2.23. The van der Waals surface area contributed by atoms with Crippen LogP contribution in [0.5, 0.6) is 0 Å². The number of rotatable bonds is 3. The lowest BCUT2D eigenvalue weighted by Crippen LogP contribution is -2.47. The molecule has 0 saturated carbocycles. The Balaban J connectivity index is 1.67. The molecule has 2 aromatic carbocycles. The van der Waals surface area contributed by atoms with Gasteiger partial charge < -0.3 is 9.64 Å². The van der Waals surface area contributed by atoms with Crippen LogP contribution in [0.25, 0.3) is 11.3 Å². The fourth-order valence-corrected chi connectivity index (χ4v) is 3.02. The minimum Gasteiger partial charge on any atom is -0.378 e. The number of morpholine rings is 1. The number of amides is 2. The summed E-state index contributed by atoms with van der Waals surface area (Å²) in [5, 5.41) is 8.68. The van der Waals surface area contributed by atoms with Gasteiger partial charge in [0, 0.05) is 18.7 Å². The van der Waals surface area contributed by atoms with E-state index in [0.717, 1.165) is 16.9 Å². The van der Waals surface area contributed by atoms with E-state index in [-0.39, 0.29) is 6.03 Å². The number of nitrogens with zero attached hydrogens (tertiary/aromatic N) is 4. The third-order valence-electron chi connectivity index (χ3n) is 4.44. The smallest absolute Gasteiger partial charge is 0.330 e. The number of carbonyl (C=O) groups is 1. The molecule has 0 radical (unpaired) electrons. The van der Waals surface area contributed by atoms with Crippen LogP contribution in [0.2, 0.25) is 0 Å². The molecule has 27 heavy (non-hydrogen) atoms. The fraction of sp³-hybridized carbons (Fsp3) is 0.190. The van der Waals surface area contributed by atoms with Gasteiger partial charge in [0.2, 0.25) is 0 Å². The second kappa shape index (κ2) is 7.97. The summed E-state index contributed by atoms with van der Waals surface area (Å²) in [5.74, 6) is 0.498. The number of urea groups is 1. The molecular formula is C21H20N4O2. The van der Waals surface area contributed by atoms with Crippen molar-refractivity contribution < 1.29 is 9.53 Å². The van der Waals surface area contributed by atoms with Crippen LogP contribution in [0.15, 0.2) is 72.8 Å². The highest BCUT2D eigenvalue weighted by molar-refractivity contribution is 5.98. The largest absolute Gasteiger partial charge is 0.378 e. The zero-order chi connectivity index (χ0) is 18.5. The summed E-state index contributed by atoms with van der Waals surface area (Å²) in [6, 6.07) is 23.0. The molecule has 0 unspecified atom stereocenters. The maximum Gasteiger partial charge on any atom is 0.330 e. The molecular weight excluding hydrogens is 340 g/mol. The topological polar surface area (TPSA) is 58.6 Å². The van der Waals surface area contributed by atoms with Crippen molar-refractivity contribution in [2.45, 2.75) is 0 Å². The SMILES string of the molecule is O=C(N1CCOCC1)N(c1ccccc1)c1ccc(-c2ccccc2)nn1. The van der Waals surface area contributed by atoms with Crippen LogP contribution in [-0.2, 0) is 4.74 Å². The lowest BCUT2D eigenvalue weighted by molar-refractivity contribution is 0.0554. The second-order valence-electron chi connectivity index (χ2n) is 6.20. The van der Waals surface area contributed by atoms with E-state index in [1.807, 2.05) is 72.8 Å². The molecule has 1 fully saturated rings. The second-order valence-corrected chi connectivity index (χ2v) is 6.20. The van der Waals surface area contributed by atoms with E-state index < -0.39 is 0 Å². The van der Waals surface area contributed by atoms with E-state index in [1.54, 1.807) is 9.80 Å². The molecule has 136 valence electrons. The van der Waals surface area contributed by atoms with Crippen LogP contribution in [0.1, 0.15) is 0 Å².